The van der Waals surface area contributed by atoms with Crippen LogP contribution < -0.4 is 14.7 Å². The van der Waals surface area contributed by atoms with E-state index in [1.165, 1.54) is 4.90 Å². The Balaban J connectivity index is 1.70. The van der Waals surface area contributed by atoms with Crippen LogP contribution in [-0.2, 0) is 20.6 Å². The number of nitriles is 1. The van der Waals surface area contributed by atoms with Crippen molar-refractivity contribution in [2.75, 3.05) is 18.0 Å². The molecule has 0 atom stereocenters. The van der Waals surface area contributed by atoms with Gasteiger partial charge in [0.25, 0.3) is 6.43 Å². The maximum Gasteiger partial charge on any atom is 0.281 e. The van der Waals surface area contributed by atoms with Crippen LogP contribution >= 0.6 is 0 Å². The molecule has 162 valence electrons. The van der Waals surface area contributed by atoms with Crippen molar-refractivity contribution in [3.8, 4) is 6.07 Å². The van der Waals surface area contributed by atoms with Gasteiger partial charge in [0.05, 0.1) is 23.2 Å². The number of hydrogen-bond donors (Lipinski definition) is 1. The molecule has 1 aromatic carbocycles. The van der Waals surface area contributed by atoms with Crippen molar-refractivity contribution in [2.24, 2.45) is 5.92 Å². The molecule has 1 N–H and O–H groups in total. The average Bonchev–Trinajstić information content (AvgIpc) is 2.66. The van der Waals surface area contributed by atoms with Crippen molar-refractivity contribution in [2.45, 2.75) is 12.2 Å². The van der Waals surface area contributed by atoms with Crippen molar-refractivity contribution in [3.63, 3.8) is 0 Å². The van der Waals surface area contributed by atoms with Gasteiger partial charge in [-0.25, -0.2) is 22.2 Å². The Kier molecular flexibility index (Phi) is 6.16. The van der Waals surface area contributed by atoms with Crippen molar-refractivity contribution < 1.29 is 31.9 Å². The van der Waals surface area contributed by atoms with E-state index >= 15 is 0 Å². The summed E-state index contributed by atoms with van der Waals surface area (Å²) < 4.78 is 52.7. The summed E-state index contributed by atoms with van der Waals surface area (Å²) in [7, 11) is -3.94. The number of carbonyl (C=O) groups excluding carboxylic acids is 2. The summed E-state index contributed by atoms with van der Waals surface area (Å²) in [4.78, 5) is 28.2. The Bertz CT molecular complexity index is 1160. The van der Waals surface area contributed by atoms with Crippen LogP contribution in [-0.4, -0.2) is 38.4 Å². The molecule has 1 aliphatic rings. The molecule has 0 spiro atoms. The number of nitrogens with one attached hydrogen (secondary N) is 1. The molecule has 12 heteroatoms. The van der Waals surface area contributed by atoms with Gasteiger partial charge in [-0.3, -0.25) is 9.52 Å². The lowest BCUT2D eigenvalue weighted by Crippen LogP contribution is -2.55. The smallest absolute Gasteiger partial charge is 0.281 e. The van der Waals surface area contributed by atoms with Gasteiger partial charge in [-0.15, -0.1) is 0 Å². The summed E-state index contributed by atoms with van der Waals surface area (Å²) in [6.07, 6.45) is -3.22. The highest BCUT2D eigenvalue weighted by atomic mass is 32.2. The zero-order chi connectivity index (χ0) is 22.8. The number of nitrogens with zero attached hydrogens (tertiary/aromatic N) is 3. The van der Waals surface area contributed by atoms with Gasteiger partial charge in [-0.05, 0) is 11.6 Å². The van der Waals surface area contributed by atoms with Crippen molar-refractivity contribution in [1.29, 1.82) is 5.26 Å². The number of amides is 1. The van der Waals surface area contributed by atoms with Gasteiger partial charge in [0.15, 0.2) is 0 Å². The number of benzene rings is 1. The molecule has 0 bridgehead atoms. The van der Waals surface area contributed by atoms with E-state index in [1.807, 2.05) is 4.72 Å². The first-order valence-corrected chi connectivity index (χ1v) is 10.5. The van der Waals surface area contributed by atoms with E-state index in [2.05, 4.69) is 4.98 Å². The van der Waals surface area contributed by atoms with Crippen LogP contribution in [0.2, 0.25) is 0 Å². The van der Waals surface area contributed by atoms with Gasteiger partial charge < -0.3 is 14.8 Å². The van der Waals surface area contributed by atoms with E-state index in [0.717, 1.165) is 6.07 Å². The fourth-order valence-electron chi connectivity index (χ4n) is 3.05. The van der Waals surface area contributed by atoms with Gasteiger partial charge in [-0.2, -0.15) is 5.26 Å². The van der Waals surface area contributed by atoms with E-state index in [9.17, 15) is 37.2 Å². The van der Waals surface area contributed by atoms with Gasteiger partial charge in [0.1, 0.15) is 17.6 Å². The van der Waals surface area contributed by atoms with Crippen LogP contribution in [0.4, 0.5) is 14.6 Å². The van der Waals surface area contributed by atoms with Crippen molar-refractivity contribution in [1.82, 2.24) is 9.71 Å². The fraction of sp³-hybridized carbons (Fsp3) is 0.263. The molecule has 31 heavy (non-hydrogen) atoms. The maximum atomic E-state index is 13.2. The summed E-state index contributed by atoms with van der Waals surface area (Å²) in [5.41, 5.74) is -1.72. The number of carbonyl (C=O) groups is 2. The van der Waals surface area contributed by atoms with E-state index in [0.29, 0.717) is 5.56 Å². The average molecular weight is 449 g/mol. The molecule has 0 unspecified atom stereocenters. The molecule has 0 saturated carbocycles. The fourth-order valence-corrected chi connectivity index (χ4v) is 4.23. The quantitative estimate of drug-likeness (QED) is 0.637. The van der Waals surface area contributed by atoms with Crippen LogP contribution in [0.15, 0.2) is 36.4 Å². The third kappa shape index (κ3) is 4.95. The first-order valence-electron chi connectivity index (χ1n) is 8.89. The molecule has 2 heterocycles. The molecule has 1 aromatic heterocycles. The van der Waals surface area contributed by atoms with E-state index < -0.39 is 51.3 Å². The zero-order valence-electron chi connectivity index (χ0n) is 15.8. The number of rotatable bonds is 7. The summed E-state index contributed by atoms with van der Waals surface area (Å²) in [5, 5.41) is 20.3. The molecule has 1 amide bonds. The minimum Gasteiger partial charge on any atom is -0.545 e. The Labute approximate surface area is 176 Å². The first-order chi connectivity index (χ1) is 14.6. The molecule has 0 radical (unpaired) electrons. The lowest BCUT2D eigenvalue weighted by Gasteiger charge is -2.39. The van der Waals surface area contributed by atoms with Gasteiger partial charge in [0, 0.05) is 18.7 Å². The zero-order valence-corrected chi connectivity index (χ0v) is 16.6. The lowest BCUT2D eigenvalue weighted by molar-refractivity contribution is -0.255. The second kappa shape index (κ2) is 8.65. The lowest BCUT2D eigenvalue weighted by atomic mass is 9.98. The third-order valence-electron chi connectivity index (χ3n) is 4.59. The molecular weight excluding hydrogens is 434 g/mol. The topological polar surface area (TPSA) is 143 Å². The van der Waals surface area contributed by atoms with Crippen LogP contribution in [0.1, 0.15) is 33.6 Å². The Morgan fingerprint density at radius 1 is 1.29 bits per heavy atom. The minimum absolute atomic E-state index is 0.0816. The standard InChI is InChI=1S/C19H16F2N4O5S/c20-16(21)15-14(19(27)28)6-12(7-22)17(23-15)25-8-13(9-25)18(26)24-31(29,30)10-11-4-2-1-3-5-11/h1-6,13,16H,8-10H2,(H,24,26)(H,27,28)/p-1. The monoisotopic (exact) mass is 449 g/mol. The van der Waals surface area contributed by atoms with Crippen molar-refractivity contribution >= 4 is 27.7 Å². The number of carboxylic acid groups (broad SMARTS) is 1. The van der Waals surface area contributed by atoms with Crippen LogP contribution in [0.3, 0.4) is 0 Å². The molecule has 3 rings (SSSR count). The minimum atomic E-state index is -3.94. The third-order valence-corrected chi connectivity index (χ3v) is 5.81. The first kappa shape index (κ1) is 22.1. The van der Waals surface area contributed by atoms with Crippen molar-refractivity contribution in [3.05, 3.63) is 58.8 Å². The number of anilines is 1. The van der Waals surface area contributed by atoms with E-state index in [4.69, 9.17) is 0 Å². The molecular formula is C19H15F2N4O5S-. The largest absolute Gasteiger partial charge is 0.545 e. The number of aromatic nitrogens is 1. The molecule has 1 aliphatic heterocycles. The Morgan fingerprint density at radius 3 is 2.48 bits per heavy atom. The predicted molar refractivity (Wildman–Crippen MR) is 101 cm³/mol. The number of aromatic carboxylic acids is 1. The number of carboxylic acids is 1. The van der Waals surface area contributed by atoms with Crippen LogP contribution in [0, 0.1) is 17.2 Å². The predicted octanol–water partition coefficient (Wildman–Crippen LogP) is 0.337. The SMILES string of the molecule is N#Cc1cc(C(=O)[O-])c(C(F)F)nc1N1CC(C(=O)NS(=O)(=O)Cc2ccccc2)C1. The number of alkyl halides is 2. The maximum absolute atomic E-state index is 13.2. The second-order valence-electron chi connectivity index (χ2n) is 6.81. The highest BCUT2D eigenvalue weighted by Crippen LogP contribution is 2.31. The Hall–Kier alpha value is -3.59. The summed E-state index contributed by atoms with van der Waals surface area (Å²) in [6, 6.07) is 10.7. The molecule has 9 nitrogen and oxygen atoms in total. The number of halogens is 2. The van der Waals surface area contributed by atoms with Gasteiger partial charge in [0.2, 0.25) is 15.9 Å². The van der Waals surface area contributed by atoms with E-state index in [-0.39, 0.29) is 24.5 Å². The molecule has 2 aromatic rings. The molecule has 1 fully saturated rings. The molecule has 1 saturated heterocycles. The number of sulfonamides is 1. The normalized spacial score (nSPS) is 14.1. The highest BCUT2D eigenvalue weighted by Gasteiger charge is 2.37. The van der Waals surface area contributed by atoms with Crippen LogP contribution in [0.25, 0.3) is 0 Å². The molecule has 0 aliphatic carbocycles. The van der Waals surface area contributed by atoms with Crippen LogP contribution in [0.5, 0.6) is 0 Å². The van der Waals surface area contributed by atoms with Gasteiger partial charge in [-0.1, -0.05) is 30.3 Å². The number of hydrogen-bond acceptors (Lipinski definition) is 8. The van der Waals surface area contributed by atoms with Gasteiger partial charge >= 0.3 is 0 Å². The summed E-state index contributed by atoms with van der Waals surface area (Å²) in [5.74, 6) is -4.05. The number of pyridine rings is 1. The Morgan fingerprint density at radius 2 is 1.94 bits per heavy atom. The summed E-state index contributed by atoms with van der Waals surface area (Å²) >= 11 is 0. The summed E-state index contributed by atoms with van der Waals surface area (Å²) in [6.45, 7) is -0.163. The highest BCUT2D eigenvalue weighted by molar-refractivity contribution is 7.89. The van der Waals surface area contributed by atoms with E-state index in [1.54, 1.807) is 36.4 Å². The second-order valence-corrected chi connectivity index (χ2v) is 8.53.